The molecule has 1 aliphatic rings. The number of hydrogen-bond acceptors (Lipinski definition) is 4. The monoisotopic (exact) mass is 341 g/mol. The zero-order valence-electron chi connectivity index (χ0n) is 11.5. The van der Waals surface area contributed by atoms with Gasteiger partial charge in [-0.25, -0.2) is 0 Å². The topological polar surface area (TPSA) is 51.4 Å². The van der Waals surface area contributed by atoms with Crippen LogP contribution in [0.5, 0.6) is 0 Å². The summed E-state index contributed by atoms with van der Waals surface area (Å²) in [5.74, 6) is 0. The predicted octanol–water partition coefficient (Wildman–Crippen LogP) is 2.52. The van der Waals surface area contributed by atoms with Crippen molar-refractivity contribution in [1.29, 1.82) is 0 Å². The van der Waals surface area contributed by atoms with Crippen LogP contribution in [0.3, 0.4) is 0 Å². The van der Waals surface area contributed by atoms with Crippen molar-refractivity contribution in [1.82, 2.24) is 9.88 Å². The second kappa shape index (κ2) is 9.77. The molecule has 1 aliphatic heterocycles. The summed E-state index contributed by atoms with van der Waals surface area (Å²) in [6.07, 6.45) is 5.85. The highest BCUT2D eigenvalue weighted by molar-refractivity contribution is 6.31. The summed E-state index contributed by atoms with van der Waals surface area (Å²) in [6.45, 7) is 2.49. The third-order valence-corrected chi connectivity index (χ3v) is 3.97. The van der Waals surface area contributed by atoms with Crippen molar-refractivity contribution in [3.8, 4) is 0 Å². The Morgan fingerprint density at radius 1 is 1.50 bits per heavy atom. The molecular weight excluding hydrogens is 321 g/mol. The Balaban J connectivity index is 0.00000180. The number of aromatic nitrogens is 1. The van der Waals surface area contributed by atoms with Gasteiger partial charge in [0.2, 0.25) is 0 Å². The minimum absolute atomic E-state index is 0. The van der Waals surface area contributed by atoms with Gasteiger partial charge in [-0.1, -0.05) is 11.6 Å². The number of nitrogens with two attached hydrogens (primary N) is 1. The van der Waals surface area contributed by atoms with E-state index < -0.39 is 0 Å². The third-order valence-electron chi connectivity index (χ3n) is 3.62. The van der Waals surface area contributed by atoms with Crippen molar-refractivity contribution in [3.63, 3.8) is 0 Å². The summed E-state index contributed by atoms with van der Waals surface area (Å²) in [7, 11) is 1.77. The van der Waals surface area contributed by atoms with E-state index in [1.807, 2.05) is 6.07 Å². The lowest BCUT2D eigenvalue weighted by Crippen LogP contribution is -2.48. The minimum atomic E-state index is 0. The number of ether oxygens (including phenoxy) is 1. The quantitative estimate of drug-likeness (QED) is 0.913. The smallest absolute Gasteiger partial charge is 0.0634 e. The molecule has 1 aromatic heterocycles. The zero-order valence-corrected chi connectivity index (χ0v) is 13.9. The summed E-state index contributed by atoms with van der Waals surface area (Å²) < 4.78 is 5.43. The number of halogens is 3. The maximum absolute atomic E-state index is 6.15. The molecule has 1 fully saturated rings. The Bertz CT molecular complexity index is 395. The summed E-state index contributed by atoms with van der Waals surface area (Å²) in [5.41, 5.74) is 6.97. The fourth-order valence-corrected chi connectivity index (χ4v) is 2.66. The average Bonchev–Trinajstić information content (AvgIpc) is 2.41. The number of piperidine rings is 1. The van der Waals surface area contributed by atoms with Gasteiger partial charge in [0.1, 0.15) is 0 Å². The molecule has 2 N–H and O–H groups in total. The first-order valence-electron chi connectivity index (χ1n) is 6.30. The minimum Gasteiger partial charge on any atom is -0.381 e. The van der Waals surface area contributed by atoms with Gasteiger partial charge in [-0.05, 0) is 24.5 Å². The van der Waals surface area contributed by atoms with Crippen molar-refractivity contribution < 1.29 is 4.74 Å². The Morgan fingerprint density at radius 3 is 2.85 bits per heavy atom. The summed E-state index contributed by atoms with van der Waals surface area (Å²) >= 11 is 6.15. The highest BCUT2D eigenvalue weighted by atomic mass is 35.5. The number of nitrogens with zero attached hydrogens (tertiary/aromatic N) is 2. The third kappa shape index (κ3) is 5.02. The zero-order chi connectivity index (χ0) is 13.0. The SMILES string of the molecule is COC1CCN(Cc2ccncc2Cl)C(CN)C1.Cl.Cl. The van der Waals surface area contributed by atoms with Crippen molar-refractivity contribution in [2.75, 3.05) is 20.2 Å². The van der Waals surface area contributed by atoms with Crippen molar-refractivity contribution in [2.45, 2.75) is 31.5 Å². The van der Waals surface area contributed by atoms with Gasteiger partial charge in [-0.2, -0.15) is 0 Å². The van der Waals surface area contributed by atoms with E-state index in [2.05, 4.69) is 9.88 Å². The van der Waals surface area contributed by atoms with E-state index in [1.54, 1.807) is 19.5 Å². The average molecular weight is 343 g/mol. The maximum Gasteiger partial charge on any atom is 0.0634 e. The summed E-state index contributed by atoms with van der Waals surface area (Å²) in [4.78, 5) is 6.39. The van der Waals surface area contributed by atoms with E-state index in [9.17, 15) is 0 Å². The van der Waals surface area contributed by atoms with Crippen molar-refractivity contribution in [2.24, 2.45) is 5.73 Å². The fourth-order valence-electron chi connectivity index (χ4n) is 2.48. The van der Waals surface area contributed by atoms with Crippen LogP contribution in [-0.4, -0.2) is 42.2 Å². The van der Waals surface area contributed by atoms with Crippen LogP contribution < -0.4 is 5.73 Å². The van der Waals surface area contributed by atoms with Crippen LogP contribution in [0.4, 0.5) is 0 Å². The van der Waals surface area contributed by atoms with E-state index >= 15 is 0 Å². The number of likely N-dealkylation sites (tertiary alicyclic amines) is 1. The lowest BCUT2D eigenvalue weighted by Gasteiger charge is -2.38. The predicted molar refractivity (Wildman–Crippen MR) is 87.0 cm³/mol. The van der Waals surface area contributed by atoms with Gasteiger partial charge >= 0.3 is 0 Å². The molecule has 0 radical (unpaired) electrons. The van der Waals surface area contributed by atoms with Crippen LogP contribution in [0.2, 0.25) is 5.02 Å². The molecule has 0 saturated carbocycles. The fraction of sp³-hybridized carbons (Fsp3) is 0.615. The Morgan fingerprint density at radius 2 is 2.25 bits per heavy atom. The van der Waals surface area contributed by atoms with E-state index in [0.29, 0.717) is 18.7 Å². The van der Waals surface area contributed by atoms with E-state index in [4.69, 9.17) is 22.1 Å². The van der Waals surface area contributed by atoms with Gasteiger partial charge in [0.25, 0.3) is 0 Å². The molecule has 7 heteroatoms. The van der Waals surface area contributed by atoms with Crippen LogP contribution in [0.15, 0.2) is 18.5 Å². The molecule has 2 atom stereocenters. The van der Waals surface area contributed by atoms with Gasteiger partial charge in [0.15, 0.2) is 0 Å². The number of pyridine rings is 1. The number of hydrogen-bond donors (Lipinski definition) is 1. The lowest BCUT2D eigenvalue weighted by molar-refractivity contribution is 0.0102. The van der Waals surface area contributed by atoms with Crippen LogP contribution in [0.25, 0.3) is 0 Å². The molecular formula is C13H22Cl3N3O. The number of rotatable bonds is 4. The molecule has 0 amide bonds. The van der Waals surface area contributed by atoms with Crippen molar-refractivity contribution in [3.05, 3.63) is 29.0 Å². The van der Waals surface area contributed by atoms with Crippen LogP contribution >= 0.6 is 36.4 Å². The highest BCUT2D eigenvalue weighted by Gasteiger charge is 2.27. The van der Waals surface area contributed by atoms with Gasteiger partial charge in [-0.15, -0.1) is 24.8 Å². The van der Waals surface area contributed by atoms with Gasteiger partial charge in [0.05, 0.1) is 11.1 Å². The molecule has 0 aliphatic carbocycles. The van der Waals surface area contributed by atoms with Crippen LogP contribution in [-0.2, 0) is 11.3 Å². The Hall–Kier alpha value is -0.100. The molecule has 116 valence electrons. The van der Waals surface area contributed by atoms with Crippen molar-refractivity contribution >= 4 is 36.4 Å². The highest BCUT2D eigenvalue weighted by Crippen LogP contribution is 2.23. The molecule has 2 heterocycles. The standard InChI is InChI=1S/C13H20ClN3O.2ClH/c1-18-12-3-5-17(11(6-12)7-15)9-10-2-4-16-8-13(10)14;;/h2,4,8,11-12H,3,5-7,9,15H2,1H3;2*1H. The largest absolute Gasteiger partial charge is 0.381 e. The van der Waals surface area contributed by atoms with Gasteiger partial charge < -0.3 is 10.5 Å². The molecule has 20 heavy (non-hydrogen) atoms. The maximum atomic E-state index is 6.15. The molecule has 4 nitrogen and oxygen atoms in total. The normalized spacial score (nSPS) is 22.8. The molecule has 0 aromatic carbocycles. The molecule has 0 bridgehead atoms. The molecule has 1 saturated heterocycles. The molecule has 0 spiro atoms. The summed E-state index contributed by atoms with van der Waals surface area (Å²) in [5, 5.41) is 0.724. The Kier molecular flexibility index (Phi) is 9.72. The second-order valence-corrected chi connectivity index (χ2v) is 5.12. The molecule has 2 rings (SSSR count). The first kappa shape index (κ1) is 19.9. The van der Waals surface area contributed by atoms with E-state index in [0.717, 1.165) is 36.5 Å². The molecule has 1 aromatic rings. The lowest BCUT2D eigenvalue weighted by atomic mass is 9.98. The first-order valence-corrected chi connectivity index (χ1v) is 6.67. The Labute approximate surface area is 137 Å². The summed E-state index contributed by atoms with van der Waals surface area (Å²) in [6, 6.07) is 2.34. The van der Waals surface area contributed by atoms with E-state index in [-0.39, 0.29) is 24.8 Å². The van der Waals surface area contributed by atoms with Crippen LogP contribution in [0.1, 0.15) is 18.4 Å². The van der Waals surface area contributed by atoms with Gasteiger partial charge in [-0.3, -0.25) is 9.88 Å². The van der Waals surface area contributed by atoms with Crippen LogP contribution in [0, 0.1) is 0 Å². The van der Waals surface area contributed by atoms with Gasteiger partial charge in [0, 0.05) is 45.2 Å². The number of methoxy groups -OCH3 is 1. The first-order chi connectivity index (χ1) is 8.74. The molecule has 2 unspecified atom stereocenters. The second-order valence-electron chi connectivity index (χ2n) is 4.71. The van der Waals surface area contributed by atoms with E-state index in [1.165, 1.54) is 0 Å².